The summed E-state index contributed by atoms with van der Waals surface area (Å²) in [4.78, 5) is 27.5. The van der Waals surface area contributed by atoms with Crippen LogP contribution in [-0.2, 0) is 17.8 Å². The van der Waals surface area contributed by atoms with Crippen molar-refractivity contribution >= 4 is 23.5 Å². The Labute approximate surface area is 219 Å². The molecule has 0 atom stereocenters. The van der Waals surface area contributed by atoms with Crippen molar-refractivity contribution in [1.29, 1.82) is 0 Å². The lowest BCUT2D eigenvalue weighted by Gasteiger charge is -2.30. The van der Waals surface area contributed by atoms with Crippen LogP contribution in [0.4, 0.5) is 4.39 Å². The molecule has 2 N–H and O–H groups in total. The third-order valence-electron chi connectivity index (χ3n) is 6.40. The second kappa shape index (κ2) is 11.1. The molecule has 7 heteroatoms. The van der Waals surface area contributed by atoms with Gasteiger partial charge in [0.2, 0.25) is 0 Å². The third kappa shape index (κ3) is 5.63. The zero-order valence-electron chi connectivity index (χ0n) is 20.4. The highest BCUT2D eigenvalue weighted by atomic mass is 19.1. The molecule has 0 saturated heterocycles. The van der Waals surface area contributed by atoms with E-state index in [0.717, 1.165) is 16.7 Å². The molecule has 1 aliphatic rings. The number of rotatable bonds is 6. The first-order chi connectivity index (χ1) is 18.5. The molecule has 0 aliphatic carbocycles. The van der Waals surface area contributed by atoms with E-state index in [1.165, 1.54) is 12.1 Å². The molecule has 4 aromatic rings. The van der Waals surface area contributed by atoms with Crippen molar-refractivity contribution in [2.75, 3.05) is 6.54 Å². The van der Waals surface area contributed by atoms with Gasteiger partial charge in [-0.15, -0.1) is 0 Å². The van der Waals surface area contributed by atoms with Crippen LogP contribution in [0.2, 0.25) is 0 Å². The molecule has 0 saturated carbocycles. The number of hydroxylamine groups is 1. The number of para-hydroxylation sites is 1. The lowest BCUT2D eigenvalue weighted by Crippen LogP contribution is -2.36. The molecule has 0 radical (unpaired) electrons. The van der Waals surface area contributed by atoms with Crippen LogP contribution in [0.1, 0.15) is 32.6 Å². The highest BCUT2D eigenvalue weighted by Crippen LogP contribution is 2.28. The molecule has 0 bridgehead atoms. The zero-order chi connectivity index (χ0) is 26.5. The fourth-order valence-corrected chi connectivity index (χ4v) is 4.46. The summed E-state index contributed by atoms with van der Waals surface area (Å²) in [6, 6.07) is 27.8. The van der Waals surface area contributed by atoms with E-state index in [2.05, 4.69) is 0 Å². The van der Waals surface area contributed by atoms with Gasteiger partial charge in [0.15, 0.2) is 0 Å². The number of halogens is 1. The quantitative estimate of drug-likeness (QED) is 0.148. The summed E-state index contributed by atoms with van der Waals surface area (Å²) in [5, 5.41) is 8.99. The zero-order valence-corrected chi connectivity index (χ0v) is 20.4. The van der Waals surface area contributed by atoms with E-state index >= 15 is 0 Å². The number of benzene rings is 4. The Kier molecular flexibility index (Phi) is 7.28. The Hall–Kier alpha value is -4.75. The summed E-state index contributed by atoms with van der Waals surface area (Å²) >= 11 is 0. The number of fused-ring (bicyclic) bond motifs is 1. The normalized spacial score (nSPS) is 13.0. The standard InChI is InChI=1S/C31H25FN2O4/c32-26-13-11-23(12-14-26)29(18-21-5-4-8-28(17-21)38-27-6-2-1-3-7-27)31(36)34-16-15-22-9-10-24(30(35)33-37)19-25(22)20-34/h1-14,17-19,37H,15-16,20H2,(H,33,35)/b29-18+. The van der Waals surface area contributed by atoms with Crippen molar-refractivity contribution in [2.45, 2.75) is 13.0 Å². The average Bonchev–Trinajstić information content (AvgIpc) is 2.96. The molecule has 0 aromatic heterocycles. The third-order valence-corrected chi connectivity index (χ3v) is 6.40. The fourth-order valence-electron chi connectivity index (χ4n) is 4.46. The topological polar surface area (TPSA) is 78.9 Å². The molecule has 190 valence electrons. The van der Waals surface area contributed by atoms with Crippen LogP contribution in [0.5, 0.6) is 11.5 Å². The van der Waals surface area contributed by atoms with Gasteiger partial charge >= 0.3 is 0 Å². The Morgan fingerprint density at radius 2 is 1.58 bits per heavy atom. The largest absolute Gasteiger partial charge is 0.457 e. The monoisotopic (exact) mass is 508 g/mol. The van der Waals surface area contributed by atoms with Crippen LogP contribution in [-0.4, -0.2) is 28.5 Å². The number of nitrogens with zero attached hydrogens (tertiary/aromatic N) is 1. The van der Waals surface area contributed by atoms with Gasteiger partial charge in [0, 0.05) is 24.2 Å². The molecule has 1 aliphatic heterocycles. The molecule has 38 heavy (non-hydrogen) atoms. The Morgan fingerprint density at radius 3 is 2.34 bits per heavy atom. The molecule has 4 aromatic carbocycles. The minimum Gasteiger partial charge on any atom is -0.457 e. The second-order valence-electron chi connectivity index (χ2n) is 8.95. The van der Waals surface area contributed by atoms with Gasteiger partial charge < -0.3 is 9.64 Å². The van der Waals surface area contributed by atoms with E-state index in [1.807, 2.05) is 60.7 Å². The predicted molar refractivity (Wildman–Crippen MR) is 142 cm³/mol. The first-order valence-corrected chi connectivity index (χ1v) is 12.2. The molecule has 2 amide bonds. The maximum Gasteiger partial charge on any atom is 0.274 e. The van der Waals surface area contributed by atoms with E-state index < -0.39 is 5.91 Å². The molecule has 0 spiro atoms. The van der Waals surface area contributed by atoms with E-state index in [1.54, 1.807) is 40.7 Å². The first kappa shape index (κ1) is 24.9. The summed E-state index contributed by atoms with van der Waals surface area (Å²) in [6.07, 6.45) is 2.40. The van der Waals surface area contributed by atoms with Crippen LogP contribution in [0.3, 0.4) is 0 Å². The number of nitrogens with one attached hydrogen (secondary N) is 1. The highest BCUT2D eigenvalue weighted by molar-refractivity contribution is 6.24. The van der Waals surface area contributed by atoms with Gasteiger partial charge in [-0.1, -0.05) is 48.5 Å². The van der Waals surface area contributed by atoms with Crippen LogP contribution in [0, 0.1) is 5.82 Å². The number of hydrogen-bond acceptors (Lipinski definition) is 4. The van der Waals surface area contributed by atoms with Crippen molar-refractivity contribution in [3.05, 3.63) is 131 Å². The van der Waals surface area contributed by atoms with Gasteiger partial charge in [0.25, 0.3) is 11.8 Å². The Bertz CT molecular complexity index is 1500. The Morgan fingerprint density at radius 1 is 0.842 bits per heavy atom. The van der Waals surface area contributed by atoms with Gasteiger partial charge in [0.05, 0.1) is 0 Å². The molecular weight excluding hydrogens is 483 g/mol. The van der Waals surface area contributed by atoms with Crippen molar-refractivity contribution in [1.82, 2.24) is 10.4 Å². The summed E-state index contributed by atoms with van der Waals surface area (Å²) < 4.78 is 19.7. The van der Waals surface area contributed by atoms with Crippen molar-refractivity contribution in [3.63, 3.8) is 0 Å². The maximum atomic E-state index is 13.9. The Balaban J connectivity index is 1.47. The molecule has 0 unspecified atom stereocenters. The number of amides is 2. The minimum atomic E-state index is -0.610. The second-order valence-corrected chi connectivity index (χ2v) is 8.95. The average molecular weight is 509 g/mol. The van der Waals surface area contributed by atoms with E-state index in [0.29, 0.717) is 47.7 Å². The number of carbonyl (C=O) groups is 2. The van der Waals surface area contributed by atoms with Crippen LogP contribution in [0.15, 0.2) is 97.1 Å². The molecule has 0 fully saturated rings. The van der Waals surface area contributed by atoms with Gasteiger partial charge in [0.1, 0.15) is 17.3 Å². The maximum absolute atomic E-state index is 13.9. The molecule has 1 heterocycles. The van der Waals surface area contributed by atoms with Crippen molar-refractivity contribution < 1.29 is 23.9 Å². The lowest BCUT2D eigenvalue weighted by atomic mass is 9.95. The fraction of sp³-hybridized carbons (Fsp3) is 0.0968. The van der Waals surface area contributed by atoms with Gasteiger partial charge in [-0.25, -0.2) is 9.87 Å². The van der Waals surface area contributed by atoms with E-state index in [-0.39, 0.29) is 11.7 Å². The van der Waals surface area contributed by atoms with Crippen molar-refractivity contribution in [2.24, 2.45) is 0 Å². The summed E-state index contributed by atoms with van der Waals surface area (Å²) in [5.41, 5.74) is 5.59. The van der Waals surface area contributed by atoms with E-state index in [9.17, 15) is 14.0 Å². The van der Waals surface area contributed by atoms with Gasteiger partial charge in [-0.05, 0) is 83.3 Å². The number of carbonyl (C=O) groups excluding carboxylic acids is 2. The summed E-state index contributed by atoms with van der Waals surface area (Å²) in [7, 11) is 0. The van der Waals surface area contributed by atoms with Gasteiger partial charge in [-0.2, -0.15) is 0 Å². The number of hydrogen-bond donors (Lipinski definition) is 2. The SMILES string of the molecule is O=C(NO)c1ccc2c(c1)CN(C(=O)/C(=C/c1cccc(Oc3ccccc3)c1)c1ccc(F)cc1)CC2. The predicted octanol–water partition coefficient (Wildman–Crippen LogP) is 5.86. The van der Waals surface area contributed by atoms with Gasteiger partial charge in [-0.3, -0.25) is 14.8 Å². The summed E-state index contributed by atoms with van der Waals surface area (Å²) in [5.74, 6) is 0.108. The number of ether oxygens (including phenoxy) is 1. The molecule has 6 nitrogen and oxygen atoms in total. The van der Waals surface area contributed by atoms with Crippen LogP contribution in [0.25, 0.3) is 11.6 Å². The van der Waals surface area contributed by atoms with Crippen LogP contribution < -0.4 is 10.2 Å². The highest BCUT2D eigenvalue weighted by Gasteiger charge is 2.25. The van der Waals surface area contributed by atoms with Crippen LogP contribution >= 0.6 is 0 Å². The summed E-state index contributed by atoms with van der Waals surface area (Å²) in [6.45, 7) is 0.795. The minimum absolute atomic E-state index is 0.214. The molecule has 5 rings (SSSR count). The van der Waals surface area contributed by atoms with E-state index in [4.69, 9.17) is 9.94 Å². The lowest BCUT2D eigenvalue weighted by molar-refractivity contribution is -0.125. The molecular formula is C31H25FN2O4. The smallest absolute Gasteiger partial charge is 0.274 e. The van der Waals surface area contributed by atoms with Crippen molar-refractivity contribution in [3.8, 4) is 11.5 Å². The first-order valence-electron chi connectivity index (χ1n) is 12.2.